The van der Waals surface area contributed by atoms with E-state index in [1.807, 2.05) is 7.05 Å². The van der Waals surface area contributed by atoms with Gasteiger partial charge in [-0.3, -0.25) is 0 Å². The van der Waals surface area contributed by atoms with Crippen LogP contribution in [0.1, 0.15) is 13.8 Å². The third-order valence-corrected chi connectivity index (χ3v) is 3.37. The molecule has 0 heterocycles. The normalized spacial score (nSPS) is 14.9. The highest BCUT2D eigenvalue weighted by molar-refractivity contribution is 6.11. The van der Waals surface area contributed by atoms with Gasteiger partial charge in [-0.1, -0.05) is 13.8 Å². The van der Waals surface area contributed by atoms with Crippen LogP contribution in [0, 0.1) is 5.92 Å². The first-order chi connectivity index (χ1) is 3.18. The van der Waals surface area contributed by atoms with Crippen LogP contribution in [-0.4, -0.2) is 28.2 Å². The van der Waals surface area contributed by atoms with Crippen LogP contribution >= 0.6 is 0 Å². The van der Waals surface area contributed by atoms with Crippen molar-refractivity contribution in [1.82, 2.24) is 5.32 Å². The summed E-state index contributed by atoms with van der Waals surface area (Å²) in [4.78, 5) is 0.792. The smallest absolute Gasteiger partial charge is 0.239 e. The van der Waals surface area contributed by atoms with Crippen molar-refractivity contribution in [1.29, 1.82) is 0 Å². The molecule has 7 heavy (non-hydrogen) atoms. The lowest BCUT2D eigenvalue weighted by Crippen LogP contribution is -2.30. The number of hydrogen-bond donors (Lipinski definition) is 1. The fourth-order valence-electron chi connectivity index (χ4n) is 0.333. The van der Waals surface area contributed by atoms with Crippen LogP contribution in [0.5, 0.6) is 0 Å². The fourth-order valence-corrected chi connectivity index (χ4v) is 0.333. The Labute approximate surface area is 53.9 Å². The van der Waals surface area contributed by atoms with Crippen molar-refractivity contribution < 1.29 is 0 Å². The van der Waals surface area contributed by atoms with Crippen molar-refractivity contribution in [2.24, 2.45) is 5.92 Å². The van der Waals surface area contributed by atoms with Crippen molar-refractivity contribution >= 4 is 16.3 Å². The predicted molar refractivity (Wildman–Crippen MR) is 36.2 cm³/mol. The molecule has 2 heteroatoms. The van der Waals surface area contributed by atoms with E-state index in [9.17, 15) is 0 Å². The number of rotatable bonds is 2. The van der Waals surface area contributed by atoms with Crippen LogP contribution in [0.15, 0.2) is 0 Å². The minimum absolute atomic E-state index is 0.792. The Kier molecular flexibility index (Phi) is 3.73. The molecule has 0 aromatic carbocycles. The van der Waals surface area contributed by atoms with E-state index in [4.69, 9.17) is 0 Å². The zero-order chi connectivity index (χ0) is 5.86. The zero-order valence-corrected chi connectivity index (χ0v) is 7.65. The average molecular weight is 115 g/mol. The van der Waals surface area contributed by atoms with Crippen molar-refractivity contribution in [2.75, 3.05) is 7.05 Å². The van der Waals surface area contributed by atoms with Crippen LogP contribution in [0.2, 0.25) is 0 Å². The molecule has 42 valence electrons. The van der Waals surface area contributed by atoms with Crippen LogP contribution in [0.25, 0.3) is 0 Å². The zero-order valence-electron chi connectivity index (χ0n) is 5.65. The van der Waals surface area contributed by atoms with Gasteiger partial charge in [0.15, 0.2) is 0 Å². The molecule has 1 nitrogen and oxygen atoms in total. The Morgan fingerprint density at radius 1 is 1.43 bits per heavy atom. The van der Waals surface area contributed by atoms with E-state index in [0.717, 1.165) is 10.8 Å². The monoisotopic (exact) mass is 115 g/mol. The fraction of sp³-hybridized carbons (Fsp3) is 1.00. The average Bonchev–Trinajstić information content (AvgIpc) is 1.65. The minimum atomic E-state index is 0.792. The molecule has 1 atom stereocenters. The van der Waals surface area contributed by atoms with Gasteiger partial charge >= 0.3 is 0 Å². The largest absolute Gasteiger partial charge is 0.331 e. The van der Waals surface area contributed by atoms with Crippen molar-refractivity contribution in [3.05, 3.63) is 0 Å². The van der Waals surface area contributed by atoms with Crippen molar-refractivity contribution in [3.63, 3.8) is 0 Å². The Hall–Kier alpha value is 0.492. The van der Waals surface area contributed by atoms with E-state index in [2.05, 4.69) is 19.2 Å². The van der Waals surface area contributed by atoms with Crippen molar-refractivity contribution in [2.45, 2.75) is 18.8 Å². The predicted octanol–water partition coefficient (Wildman–Crippen LogP) is -0.179. The molecule has 0 aromatic heterocycles. The van der Waals surface area contributed by atoms with Crippen LogP contribution in [0.3, 0.4) is 0 Å². The molecule has 1 unspecified atom stereocenters. The lowest BCUT2D eigenvalue weighted by Gasteiger charge is -2.12. The first kappa shape index (κ1) is 7.49. The number of hydrogen-bond acceptors (Lipinski definition) is 1. The van der Waals surface area contributed by atoms with Gasteiger partial charge in [0, 0.05) is 0 Å². The van der Waals surface area contributed by atoms with Gasteiger partial charge in [0.2, 0.25) is 16.3 Å². The number of nitrogens with one attached hydrogen (secondary N) is 1. The Morgan fingerprint density at radius 2 is 1.86 bits per heavy atom. The summed E-state index contributed by atoms with van der Waals surface area (Å²) in [6.45, 7) is 4.49. The summed E-state index contributed by atoms with van der Waals surface area (Å²) in [5.74, 6) is 0.816. The molecule has 0 aliphatic rings. The lowest BCUT2D eigenvalue weighted by molar-refractivity contribution is 0.543. The minimum Gasteiger partial charge on any atom is -0.331 e. The molecule has 0 aliphatic carbocycles. The van der Waals surface area contributed by atoms with Crippen LogP contribution < -0.4 is 5.32 Å². The molecule has 0 fully saturated rings. The van der Waals surface area contributed by atoms with Crippen molar-refractivity contribution in [3.8, 4) is 0 Å². The van der Waals surface area contributed by atoms with E-state index in [-0.39, 0.29) is 0 Å². The lowest BCUT2D eigenvalue weighted by atomic mass is 10.2. The first-order valence-electron chi connectivity index (χ1n) is 2.85. The maximum absolute atomic E-state index is 3.23. The molecule has 0 aliphatic heterocycles. The molecule has 1 N–H and O–H groups in total. The van der Waals surface area contributed by atoms with Gasteiger partial charge in [-0.15, -0.1) is 0 Å². The second-order valence-electron chi connectivity index (χ2n) is 2.32. The van der Waals surface area contributed by atoms with E-state index < -0.39 is 0 Å². The van der Waals surface area contributed by atoms with Gasteiger partial charge in [-0.05, 0) is 17.9 Å². The molecule has 0 saturated carbocycles. The van der Waals surface area contributed by atoms with Gasteiger partial charge < -0.3 is 5.32 Å². The Bertz CT molecular complexity index is 45.3. The molecule has 0 amide bonds. The second kappa shape index (κ2) is 3.49. The van der Waals surface area contributed by atoms with Gasteiger partial charge in [0.05, 0.1) is 0 Å². The van der Waals surface area contributed by atoms with E-state index >= 15 is 0 Å². The summed E-state index contributed by atoms with van der Waals surface area (Å²) < 4.78 is 0. The van der Waals surface area contributed by atoms with E-state index in [0.29, 0.717) is 0 Å². The first-order valence-corrected chi connectivity index (χ1v) is 4.01. The topological polar surface area (TPSA) is 12.0 Å². The summed E-state index contributed by atoms with van der Waals surface area (Å²) in [7, 11) is 2.03. The highest BCUT2D eigenvalue weighted by atomic mass is 27.0. The quantitative estimate of drug-likeness (QED) is 0.492. The Morgan fingerprint density at radius 3 is 1.86 bits per heavy atom. The molecule has 0 saturated heterocycles. The van der Waals surface area contributed by atoms with E-state index in [1.165, 1.54) is 16.3 Å². The second-order valence-corrected chi connectivity index (χ2v) is 3.57. The molecular formula is C5H14AlN. The van der Waals surface area contributed by atoms with Crippen LogP contribution in [-0.2, 0) is 0 Å². The SMILES string of the molecule is CN[CH]([AlH2])C(C)C. The third kappa shape index (κ3) is 3.11. The van der Waals surface area contributed by atoms with Gasteiger partial charge in [-0.25, -0.2) is 0 Å². The highest BCUT2D eigenvalue weighted by Crippen LogP contribution is 1.93. The molecule has 0 aromatic rings. The van der Waals surface area contributed by atoms with Gasteiger partial charge in [-0.2, -0.15) is 0 Å². The van der Waals surface area contributed by atoms with Gasteiger partial charge in [0.25, 0.3) is 0 Å². The maximum Gasteiger partial charge on any atom is 0.239 e. The summed E-state index contributed by atoms with van der Waals surface area (Å²) in [5.41, 5.74) is 0. The maximum atomic E-state index is 3.23. The highest BCUT2D eigenvalue weighted by Gasteiger charge is 2.00. The van der Waals surface area contributed by atoms with Gasteiger partial charge in [0.1, 0.15) is 0 Å². The third-order valence-electron chi connectivity index (χ3n) is 1.46. The van der Waals surface area contributed by atoms with E-state index in [1.54, 1.807) is 0 Å². The molecule has 0 radical (unpaired) electrons. The van der Waals surface area contributed by atoms with Crippen LogP contribution in [0.4, 0.5) is 0 Å². The summed E-state index contributed by atoms with van der Waals surface area (Å²) in [6, 6.07) is 0. The standard InChI is InChI=1S/C5H12N.Al.2H/c1-5(2)4-6-3;;;/h4-6H,1-3H3;;;. The Balaban J connectivity index is 3.14. The summed E-state index contributed by atoms with van der Waals surface area (Å²) in [6.07, 6.45) is 0. The summed E-state index contributed by atoms with van der Waals surface area (Å²) >= 11 is 1.26. The molecular weight excluding hydrogens is 101 g/mol. The molecule has 0 rings (SSSR count). The summed E-state index contributed by atoms with van der Waals surface area (Å²) in [5, 5.41) is 3.23. The molecule has 0 bridgehead atoms. The molecule has 0 spiro atoms.